The van der Waals surface area contributed by atoms with Crippen LogP contribution in [0.15, 0.2) is 18.7 Å². The minimum Gasteiger partial charge on any atom is -0.394 e. The second-order valence-corrected chi connectivity index (χ2v) is 3.56. The third kappa shape index (κ3) is 6.38. The van der Waals surface area contributed by atoms with Gasteiger partial charge in [0.2, 0.25) is 6.33 Å². The molecule has 0 saturated heterocycles. The molecule has 6 nitrogen and oxygen atoms in total. The standard InChI is InChI=1S/C11H21N2O4/c14-5-9-16-7-3-12-1-2-13(11-12)4-8-17-10-6-15/h1-2,11,14-15H,3-10H2/q+1. The first-order valence-corrected chi connectivity index (χ1v) is 5.79. The van der Waals surface area contributed by atoms with Crippen LogP contribution in [0.3, 0.4) is 0 Å². The summed E-state index contributed by atoms with van der Waals surface area (Å²) in [4.78, 5) is 0. The van der Waals surface area contributed by atoms with Crippen LogP contribution in [0.25, 0.3) is 0 Å². The fourth-order valence-electron chi connectivity index (χ4n) is 1.38. The molecule has 0 amide bonds. The molecular formula is C11H21N2O4+. The second-order valence-electron chi connectivity index (χ2n) is 3.56. The van der Waals surface area contributed by atoms with Crippen molar-refractivity contribution in [2.24, 2.45) is 0 Å². The molecule has 0 spiro atoms. The van der Waals surface area contributed by atoms with Crippen molar-refractivity contribution in [1.82, 2.24) is 4.57 Å². The molecule has 0 bridgehead atoms. The van der Waals surface area contributed by atoms with Gasteiger partial charge in [0.05, 0.1) is 39.6 Å². The van der Waals surface area contributed by atoms with Gasteiger partial charge in [0.15, 0.2) is 0 Å². The molecule has 17 heavy (non-hydrogen) atoms. The Balaban J connectivity index is 2.14. The Hall–Kier alpha value is -0.950. The Morgan fingerprint density at radius 3 is 2.41 bits per heavy atom. The van der Waals surface area contributed by atoms with Crippen LogP contribution in [0, 0.1) is 0 Å². The van der Waals surface area contributed by atoms with Crippen molar-refractivity contribution < 1.29 is 24.3 Å². The van der Waals surface area contributed by atoms with Crippen molar-refractivity contribution in [1.29, 1.82) is 0 Å². The maximum Gasteiger partial charge on any atom is 0.243 e. The van der Waals surface area contributed by atoms with Crippen LogP contribution in [0.1, 0.15) is 0 Å². The Bertz CT molecular complexity index is 264. The topological polar surface area (TPSA) is 67.7 Å². The highest BCUT2D eigenvalue weighted by atomic mass is 16.5. The van der Waals surface area contributed by atoms with Crippen LogP contribution in [0.2, 0.25) is 0 Å². The number of imidazole rings is 1. The van der Waals surface area contributed by atoms with E-state index in [0.29, 0.717) is 26.4 Å². The first-order valence-electron chi connectivity index (χ1n) is 5.79. The summed E-state index contributed by atoms with van der Waals surface area (Å²) in [6.07, 6.45) is 5.91. The van der Waals surface area contributed by atoms with Crippen LogP contribution >= 0.6 is 0 Å². The monoisotopic (exact) mass is 245 g/mol. The number of aromatic nitrogens is 2. The van der Waals surface area contributed by atoms with Crippen LogP contribution in [0.5, 0.6) is 0 Å². The molecule has 0 fully saturated rings. The van der Waals surface area contributed by atoms with E-state index in [2.05, 4.69) is 0 Å². The van der Waals surface area contributed by atoms with Gasteiger partial charge >= 0.3 is 0 Å². The Morgan fingerprint density at radius 2 is 1.71 bits per heavy atom. The van der Waals surface area contributed by atoms with Crippen LogP contribution in [-0.2, 0) is 22.6 Å². The SMILES string of the molecule is OCCOCCn1cc[n+](CCOCCO)c1. The van der Waals surface area contributed by atoms with Gasteiger partial charge in [0, 0.05) is 0 Å². The summed E-state index contributed by atoms with van der Waals surface area (Å²) in [5, 5.41) is 17.1. The summed E-state index contributed by atoms with van der Waals surface area (Å²) < 4.78 is 14.4. The van der Waals surface area contributed by atoms with Crippen molar-refractivity contribution >= 4 is 0 Å². The number of ether oxygens (including phenoxy) is 2. The van der Waals surface area contributed by atoms with Crippen molar-refractivity contribution in [3.63, 3.8) is 0 Å². The lowest BCUT2D eigenvalue weighted by Crippen LogP contribution is -2.34. The smallest absolute Gasteiger partial charge is 0.243 e. The van der Waals surface area contributed by atoms with Crippen LogP contribution in [0.4, 0.5) is 0 Å². The normalized spacial score (nSPS) is 10.9. The first kappa shape index (κ1) is 14.1. The van der Waals surface area contributed by atoms with E-state index in [4.69, 9.17) is 19.7 Å². The number of hydrogen-bond acceptors (Lipinski definition) is 4. The molecular weight excluding hydrogens is 224 g/mol. The van der Waals surface area contributed by atoms with Crippen molar-refractivity contribution in [3.8, 4) is 0 Å². The molecule has 6 heteroatoms. The van der Waals surface area contributed by atoms with Crippen molar-refractivity contribution in [2.45, 2.75) is 13.1 Å². The molecule has 98 valence electrons. The molecule has 0 saturated carbocycles. The first-order chi connectivity index (χ1) is 8.36. The molecule has 0 aromatic carbocycles. The number of aliphatic hydroxyl groups is 2. The van der Waals surface area contributed by atoms with Gasteiger partial charge in [-0.3, -0.25) is 0 Å². The molecule has 0 unspecified atom stereocenters. The summed E-state index contributed by atoms with van der Waals surface area (Å²) >= 11 is 0. The minimum absolute atomic E-state index is 0.0634. The Labute approximate surface area is 101 Å². The fraction of sp³-hybridized carbons (Fsp3) is 0.727. The molecule has 0 aliphatic rings. The van der Waals surface area contributed by atoms with E-state index in [1.54, 1.807) is 0 Å². The van der Waals surface area contributed by atoms with E-state index in [-0.39, 0.29) is 13.2 Å². The fourth-order valence-corrected chi connectivity index (χ4v) is 1.38. The highest BCUT2D eigenvalue weighted by Gasteiger charge is 2.03. The molecule has 0 atom stereocenters. The predicted molar refractivity (Wildman–Crippen MR) is 60.4 cm³/mol. The van der Waals surface area contributed by atoms with Gasteiger partial charge in [-0.2, -0.15) is 0 Å². The molecule has 2 N–H and O–H groups in total. The summed E-state index contributed by atoms with van der Waals surface area (Å²) in [5.41, 5.74) is 0. The van der Waals surface area contributed by atoms with Gasteiger partial charge in [-0.15, -0.1) is 0 Å². The summed E-state index contributed by atoms with van der Waals surface area (Å²) in [6.45, 7) is 3.62. The molecule has 0 aliphatic heterocycles. The van der Waals surface area contributed by atoms with Gasteiger partial charge in [-0.25, -0.2) is 9.13 Å². The quantitative estimate of drug-likeness (QED) is 0.401. The van der Waals surface area contributed by atoms with Gasteiger partial charge in [0.25, 0.3) is 0 Å². The molecule has 1 aromatic heterocycles. The lowest BCUT2D eigenvalue weighted by atomic mass is 10.6. The highest BCUT2D eigenvalue weighted by Crippen LogP contribution is 1.86. The van der Waals surface area contributed by atoms with Gasteiger partial charge in [-0.05, 0) is 0 Å². The Morgan fingerprint density at radius 1 is 1.00 bits per heavy atom. The maximum absolute atomic E-state index is 8.54. The average Bonchev–Trinajstić information content (AvgIpc) is 2.78. The molecule has 0 radical (unpaired) electrons. The van der Waals surface area contributed by atoms with E-state index in [1.165, 1.54) is 0 Å². The predicted octanol–water partition coefficient (Wildman–Crippen LogP) is -1.21. The zero-order valence-corrected chi connectivity index (χ0v) is 9.99. The van der Waals surface area contributed by atoms with E-state index < -0.39 is 0 Å². The van der Waals surface area contributed by atoms with E-state index >= 15 is 0 Å². The third-order valence-electron chi connectivity index (χ3n) is 2.21. The summed E-state index contributed by atoms with van der Waals surface area (Å²) in [7, 11) is 0. The van der Waals surface area contributed by atoms with Gasteiger partial charge in [0.1, 0.15) is 25.5 Å². The molecule has 1 rings (SSSR count). The van der Waals surface area contributed by atoms with Crippen molar-refractivity contribution in [2.75, 3.05) is 39.6 Å². The van der Waals surface area contributed by atoms with Crippen LogP contribution in [-0.4, -0.2) is 54.4 Å². The molecule has 1 heterocycles. The van der Waals surface area contributed by atoms with E-state index in [0.717, 1.165) is 13.1 Å². The molecule has 0 aliphatic carbocycles. The maximum atomic E-state index is 8.54. The highest BCUT2D eigenvalue weighted by molar-refractivity contribution is 4.65. The summed E-state index contributed by atoms with van der Waals surface area (Å²) in [5.74, 6) is 0. The minimum atomic E-state index is 0.0634. The number of nitrogens with zero attached hydrogens (tertiary/aromatic N) is 2. The number of rotatable bonds is 10. The van der Waals surface area contributed by atoms with E-state index in [1.807, 2.05) is 27.9 Å². The van der Waals surface area contributed by atoms with Crippen LogP contribution < -0.4 is 4.57 Å². The largest absolute Gasteiger partial charge is 0.394 e. The number of hydrogen-bond donors (Lipinski definition) is 2. The van der Waals surface area contributed by atoms with Crippen molar-refractivity contribution in [3.05, 3.63) is 18.7 Å². The third-order valence-corrected chi connectivity index (χ3v) is 2.21. The zero-order valence-electron chi connectivity index (χ0n) is 9.99. The summed E-state index contributed by atoms with van der Waals surface area (Å²) in [6, 6.07) is 0. The van der Waals surface area contributed by atoms with E-state index in [9.17, 15) is 0 Å². The van der Waals surface area contributed by atoms with Gasteiger partial charge < -0.3 is 19.7 Å². The number of aliphatic hydroxyl groups excluding tert-OH is 2. The Kier molecular flexibility index (Phi) is 7.57. The average molecular weight is 245 g/mol. The lowest BCUT2D eigenvalue weighted by molar-refractivity contribution is -0.698. The molecule has 1 aromatic rings. The lowest BCUT2D eigenvalue weighted by Gasteiger charge is -1.99. The van der Waals surface area contributed by atoms with Gasteiger partial charge in [-0.1, -0.05) is 0 Å². The second kappa shape index (κ2) is 9.12. The zero-order chi connectivity index (χ0) is 12.3.